The van der Waals surface area contributed by atoms with E-state index in [2.05, 4.69) is 36.0 Å². The first-order valence-electron chi connectivity index (χ1n) is 7.24. The Labute approximate surface area is 152 Å². The van der Waals surface area contributed by atoms with Crippen molar-refractivity contribution in [1.29, 1.82) is 0 Å². The number of nitrogens with zero attached hydrogens (tertiary/aromatic N) is 3. The van der Waals surface area contributed by atoms with Crippen molar-refractivity contribution in [1.82, 2.24) is 15.0 Å². The van der Waals surface area contributed by atoms with E-state index in [-0.39, 0.29) is 5.91 Å². The number of carbonyl (C=O) groups is 1. The Bertz CT molecular complexity index is 899. The Balaban J connectivity index is 1.77. The highest BCUT2D eigenvalue weighted by molar-refractivity contribution is 9.10. The molecule has 1 amide bonds. The average molecular weight is 403 g/mol. The molecule has 2 heterocycles. The van der Waals surface area contributed by atoms with Gasteiger partial charge in [-0.05, 0) is 48.0 Å². The van der Waals surface area contributed by atoms with Crippen LogP contribution in [0.15, 0.2) is 51.5 Å². The van der Waals surface area contributed by atoms with Gasteiger partial charge in [0, 0.05) is 33.0 Å². The molecule has 0 fully saturated rings. The van der Waals surface area contributed by atoms with Gasteiger partial charge in [-0.15, -0.1) is 11.3 Å². The Morgan fingerprint density at radius 2 is 2.17 bits per heavy atom. The smallest absolute Gasteiger partial charge is 0.272 e. The van der Waals surface area contributed by atoms with Crippen LogP contribution in [-0.4, -0.2) is 21.7 Å². The fraction of sp³-hybridized carbons (Fsp3) is 0.118. The van der Waals surface area contributed by atoms with E-state index in [1.807, 2.05) is 43.5 Å². The second-order valence-corrected chi connectivity index (χ2v) is 6.88. The van der Waals surface area contributed by atoms with Gasteiger partial charge in [-0.2, -0.15) is 5.10 Å². The SMILES string of the molecule is Cc1cc(/C=N\NC(=O)c2ccccc2Br)c(C)n1-c1nccs1. The molecule has 0 bridgehead atoms. The minimum absolute atomic E-state index is 0.257. The minimum atomic E-state index is -0.257. The van der Waals surface area contributed by atoms with Crippen LogP contribution in [0, 0.1) is 13.8 Å². The summed E-state index contributed by atoms with van der Waals surface area (Å²) >= 11 is 4.94. The third-order valence-corrected chi connectivity index (χ3v) is 5.02. The highest BCUT2D eigenvalue weighted by atomic mass is 79.9. The summed E-state index contributed by atoms with van der Waals surface area (Å²) in [6, 6.07) is 9.25. The van der Waals surface area contributed by atoms with Gasteiger partial charge in [0.15, 0.2) is 5.13 Å². The van der Waals surface area contributed by atoms with Gasteiger partial charge in [0.25, 0.3) is 5.91 Å². The number of halogens is 1. The van der Waals surface area contributed by atoms with Crippen molar-refractivity contribution in [3.63, 3.8) is 0 Å². The average Bonchev–Trinajstić information content (AvgIpc) is 3.16. The first-order valence-corrected chi connectivity index (χ1v) is 8.92. The Morgan fingerprint density at radius 3 is 2.88 bits per heavy atom. The van der Waals surface area contributed by atoms with Gasteiger partial charge in [-0.25, -0.2) is 10.4 Å². The maximum absolute atomic E-state index is 12.1. The molecule has 1 N–H and O–H groups in total. The standard InChI is InChI=1S/C17H15BrN4OS/c1-11-9-13(12(2)22(11)17-19-7-8-24-17)10-20-21-16(23)14-5-3-4-6-15(14)18/h3-10H,1-2H3,(H,21,23)/b20-10-. The molecule has 0 saturated carbocycles. The summed E-state index contributed by atoms with van der Waals surface area (Å²) < 4.78 is 2.81. The normalized spacial score (nSPS) is 11.1. The maximum atomic E-state index is 12.1. The van der Waals surface area contributed by atoms with E-state index in [0.717, 1.165) is 26.6 Å². The van der Waals surface area contributed by atoms with Gasteiger partial charge in [-0.3, -0.25) is 9.36 Å². The number of carbonyl (C=O) groups excluding carboxylic acids is 1. The first-order chi connectivity index (χ1) is 11.6. The fourth-order valence-corrected chi connectivity index (χ4v) is 3.62. The van der Waals surface area contributed by atoms with Crippen LogP contribution in [0.1, 0.15) is 27.3 Å². The molecular formula is C17H15BrN4OS. The molecule has 122 valence electrons. The van der Waals surface area contributed by atoms with Crippen molar-refractivity contribution in [3.8, 4) is 5.13 Å². The van der Waals surface area contributed by atoms with Gasteiger partial charge in [0.2, 0.25) is 0 Å². The lowest BCUT2D eigenvalue weighted by Crippen LogP contribution is -2.18. The number of hydrogen-bond donors (Lipinski definition) is 1. The monoisotopic (exact) mass is 402 g/mol. The van der Waals surface area contributed by atoms with Crippen molar-refractivity contribution < 1.29 is 4.79 Å². The second-order valence-electron chi connectivity index (χ2n) is 5.16. The first kappa shape index (κ1) is 16.6. The van der Waals surface area contributed by atoms with Crippen molar-refractivity contribution >= 4 is 39.4 Å². The Hall–Kier alpha value is -2.25. The quantitative estimate of drug-likeness (QED) is 0.527. The largest absolute Gasteiger partial charge is 0.294 e. The van der Waals surface area contributed by atoms with Crippen LogP contribution in [0.4, 0.5) is 0 Å². The summed E-state index contributed by atoms with van der Waals surface area (Å²) in [4.78, 5) is 16.5. The van der Waals surface area contributed by atoms with Crippen LogP contribution in [0.5, 0.6) is 0 Å². The zero-order valence-electron chi connectivity index (χ0n) is 13.2. The number of thiazole rings is 1. The number of hydrogen-bond acceptors (Lipinski definition) is 4. The molecule has 5 nitrogen and oxygen atoms in total. The van der Waals surface area contributed by atoms with Gasteiger partial charge in [0.05, 0.1) is 11.8 Å². The van der Waals surface area contributed by atoms with Crippen LogP contribution in [0.3, 0.4) is 0 Å². The predicted octanol–water partition coefficient (Wildman–Crippen LogP) is 4.08. The molecule has 0 aliphatic heterocycles. The molecule has 24 heavy (non-hydrogen) atoms. The van der Waals surface area contributed by atoms with E-state index in [9.17, 15) is 4.79 Å². The molecule has 3 aromatic rings. The molecule has 0 saturated heterocycles. The number of benzene rings is 1. The van der Waals surface area contributed by atoms with E-state index >= 15 is 0 Å². The number of aryl methyl sites for hydroxylation is 1. The molecule has 0 radical (unpaired) electrons. The lowest BCUT2D eigenvalue weighted by molar-refractivity contribution is 0.0954. The Kier molecular flexibility index (Phi) is 4.92. The molecule has 1 aromatic carbocycles. The highest BCUT2D eigenvalue weighted by Crippen LogP contribution is 2.21. The number of amides is 1. The van der Waals surface area contributed by atoms with Crippen molar-refractivity contribution in [2.45, 2.75) is 13.8 Å². The van der Waals surface area contributed by atoms with Gasteiger partial charge < -0.3 is 0 Å². The lowest BCUT2D eigenvalue weighted by atomic mass is 10.2. The third-order valence-electron chi connectivity index (χ3n) is 3.57. The second kappa shape index (κ2) is 7.11. The van der Waals surface area contributed by atoms with Crippen molar-refractivity contribution in [2.24, 2.45) is 5.10 Å². The van der Waals surface area contributed by atoms with Crippen molar-refractivity contribution in [2.75, 3.05) is 0 Å². The van der Waals surface area contributed by atoms with Crippen LogP contribution in [0.2, 0.25) is 0 Å². The highest BCUT2D eigenvalue weighted by Gasteiger charge is 2.11. The Morgan fingerprint density at radius 1 is 1.38 bits per heavy atom. The van der Waals surface area contributed by atoms with Crippen LogP contribution < -0.4 is 5.43 Å². The summed E-state index contributed by atoms with van der Waals surface area (Å²) in [6.07, 6.45) is 3.44. The van der Waals surface area contributed by atoms with Crippen LogP contribution >= 0.6 is 27.3 Å². The topological polar surface area (TPSA) is 59.3 Å². The number of hydrazone groups is 1. The molecule has 0 unspecified atom stereocenters. The molecule has 3 rings (SSSR count). The number of nitrogens with one attached hydrogen (secondary N) is 1. The number of aromatic nitrogens is 2. The zero-order valence-corrected chi connectivity index (χ0v) is 15.6. The van der Waals surface area contributed by atoms with Crippen molar-refractivity contribution in [3.05, 3.63) is 68.9 Å². The minimum Gasteiger partial charge on any atom is -0.294 e. The van der Waals surface area contributed by atoms with E-state index < -0.39 is 0 Å². The van der Waals surface area contributed by atoms with E-state index in [0.29, 0.717) is 5.56 Å². The molecule has 0 aliphatic carbocycles. The maximum Gasteiger partial charge on any atom is 0.272 e. The summed E-state index contributed by atoms with van der Waals surface area (Å²) in [6.45, 7) is 4.02. The lowest BCUT2D eigenvalue weighted by Gasteiger charge is -2.04. The number of rotatable bonds is 4. The molecule has 0 aliphatic rings. The van der Waals surface area contributed by atoms with E-state index in [1.165, 1.54) is 0 Å². The summed E-state index contributed by atoms with van der Waals surface area (Å²) in [5.74, 6) is -0.257. The molecule has 0 spiro atoms. The molecule has 7 heteroatoms. The van der Waals surface area contributed by atoms with Gasteiger partial charge >= 0.3 is 0 Å². The van der Waals surface area contributed by atoms with Crippen LogP contribution in [-0.2, 0) is 0 Å². The summed E-state index contributed by atoms with van der Waals surface area (Å²) in [7, 11) is 0. The zero-order chi connectivity index (χ0) is 17.1. The van der Waals surface area contributed by atoms with Gasteiger partial charge in [0.1, 0.15) is 0 Å². The van der Waals surface area contributed by atoms with Gasteiger partial charge in [-0.1, -0.05) is 12.1 Å². The molecular weight excluding hydrogens is 388 g/mol. The van der Waals surface area contributed by atoms with E-state index in [1.54, 1.807) is 29.8 Å². The van der Waals surface area contributed by atoms with Crippen LogP contribution in [0.25, 0.3) is 5.13 Å². The summed E-state index contributed by atoms with van der Waals surface area (Å²) in [5, 5.41) is 6.94. The molecule has 0 atom stereocenters. The third kappa shape index (κ3) is 3.32. The fourth-order valence-electron chi connectivity index (χ4n) is 2.41. The summed E-state index contributed by atoms with van der Waals surface area (Å²) in [5.41, 5.74) is 6.14. The predicted molar refractivity (Wildman–Crippen MR) is 100 cm³/mol. The molecule has 2 aromatic heterocycles. The van der Waals surface area contributed by atoms with E-state index in [4.69, 9.17) is 0 Å².